The summed E-state index contributed by atoms with van der Waals surface area (Å²) in [5.41, 5.74) is 2.30. The Kier molecular flexibility index (Phi) is 12.0. The van der Waals surface area contributed by atoms with Gasteiger partial charge in [0.25, 0.3) is 0 Å². The molecule has 0 spiro atoms. The summed E-state index contributed by atoms with van der Waals surface area (Å²) in [6.45, 7) is 21.0. The van der Waals surface area contributed by atoms with Gasteiger partial charge in [0.15, 0.2) is 8.32 Å². The van der Waals surface area contributed by atoms with Crippen LogP contribution in [0.15, 0.2) is 35.9 Å². The molecule has 0 aliphatic carbocycles. The lowest BCUT2D eigenvalue weighted by Crippen LogP contribution is -2.47. The van der Waals surface area contributed by atoms with Crippen molar-refractivity contribution in [1.82, 2.24) is 0 Å². The minimum Gasteiger partial charge on any atom is -0.497 e. The summed E-state index contributed by atoms with van der Waals surface area (Å²) in [5, 5.41) is 0.118. The number of hydrogen-bond donors (Lipinski definition) is 0. The van der Waals surface area contributed by atoms with Crippen molar-refractivity contribution in [2.75, 3.05) is 20.8 Å². The van der Waals surface area contributed by atoms with Gasteiger partial charge in [-0.15, -0.1) is 0 Å². The van der Waals surface area contributed by atoms with Gasteiger partial charge in [0.1, 0.15) is 5.75 Å². The standard InChI is InChI=1S/C28H48O5Si/c1-20(17-22(3)27(29)31-9)16-21(2)26(33-34(10,11)28(5,6)7)23(4)18-32-19-24-12-14-25(30-8)15-13-24/h12-16,21-23,26H,17-19H2,1-11H3/t21?,22?,23-,26?/m0/s1. The second-order valence-electron chi connectivity index (χ2n) is 11.2. The van der Waals surface area contributed by atoms with E-state index in [-0.39, 0.29) is 34.9 Å². The Hall–Kier alpha value is -1.63. The van der Waals surface area contributed by atoms with Crippen LogP contribution in [0.3, 0.4) is 0 Å². The minimum atomic E-state index is -1.99. The monoisotopic (exact) mass is 492 g/mol. The van der Waals surface area contributed by atoms with Gasteiger partial charge in [-0.25, -0.2) is 0 Å². The van der Waals surface area contributed by atoms with Crippen LogP contribution in [-0.4, -0.2) is 41.2 Å². The van der Waals surface area contributed by atoms with Gasteiger partial charge in [-0.05, 0) is 55.1 Å². The molecule has 194 valence electrons. The van der Waals surface area contributed by atoms with Gasteiger partial charge >= 0.3 is 5.97 Å². The molecular weight excluding hydrogens is 444 g/mol. The second-order valence-corrected chi connectivity index (χ2v) is 15.9. The normalized spacial score (nSPS) is 16.5. The third-order valence-electron chi connectivity index (χ3n) is 6.90. The fraction of sp³-hybridized carbons (Fsp3) is 0.679. The number of carbonyl (C=O) groups is 1. The first-order valence-electron chi connectivity index (χ1n) is 12.4. The van der Waals surface area contributed by atoms with Crippen molar-refractivity contribution in [1.29, 1.82) is 0 Å². The molecule has 1 aromatic rings. The third-order valence-corrected chi connectivity index (χ3v) is 11.4. The predicted octanol–water partition coefficient (Wildman–Crippen LogP) is 7.02. The Labute approximate surface area is 209 Å². The summed E-state index contributed by atoms with van der Waals surface area (Å²) in [7, 11) is 1.12. The third kappa shape index (κ3) is 9.55. The summed E-state index contributed by atoms with van der Waals surface area (Å²) < 4.78 is 23.2. The van der Waals surface area contributed by atoms with E-state index in [4.69, 9.17) is 18.6 Å². The van der Waals surface area contributed by atoms with Gasteiger partial charge in [0, 0.05) is 5.92 Å². The van der Waals surface area contributed by atoms with Crippen molar-refractivity contribution in [3.8, 4) is 5.75 Å². The van der Waals surface area contributed by atoms with Crippen molar-refractivity contribution in [2.45, 2.75) is 85.7 Å². The Bertz CT molecular complexity index is 779. The number of hydrogen-bond acceptors (Lipinski definition) is 5. The zero-order valence-electron chi connectivity index (χ0n) is 23.4. The topological polar surface area (TPSA) is 54.0 Å². The molecule has 0 aliphatic rings. The summed E-state index contributed by atoms with van der Waals surface area (Å²) in [5.74, 6) is 0.925. The van der Waals surface area contributed by atoms with E-state index in [1.54, 1.807) is 7.11 Å². The molecule has 3 unspecified atom stereocenters. The number of allylic oxidation sites excluding steroid dienone is 1. The van der Waals surface area contributed by atoms with E-state index in [1.807, 2.05) is 31.2 Å². The van der Waals surface area contributed by atoms with Crippen LogP contribution in [0.25, 0.3) is 0 Å². The minimum absolute atomic E-state index is 0.0279. The number of rotatable bonds is 13. The smallest absolute Gasteiger partial charge is 0.308 e. The van der Waals surface area contributed by atoms with Gasteiger partial charge in [0.05, 0.1) is 39.5 Å². The second kappa shape index (κ2) is 13.5. The van der Waals surface area contributed by atoms with Crippen molar-refractivity contribution < 1.29 is 23.4 Å². The van der Waals surface area contributed by atoms with Crippen LogP contribution in [0.5, 0.6) is 5.75 Å². The van der Waals surface area contributed by atoms with Gasteiger partial charge < -0.3 is 18.6 Å². The van der Waals surface area contributed by atoms with E-state index in [9.17, 15) is 4.79 Å². The molecular formula is C28H48O5Si. The Morgan fingerprint density at radius 2 is 1.65 bits per heavy atom. The molecule has 0 saturated heterocycles. The highest BCUT2D eigenvalue weighted by Gasteiger charge is 2.41. The quantitative estimate of drug-likeness (QED) is 0.168. The molecule has 1 aromatic carbocycles. The molecule has 0 bridgehead atoms. The van der Waals surface area contributed by atoms with E-state index in [0.717, 1.165) is 11.3 Å². The number of benzene rings is 1. The van der Waals surface area contributed by atoms with Crippen molar-refractivity contribution in [3.05, 3.63) is 41.5 Å². The van der Waals surface area contributed by atoms with Gasteiger partial charge in [-0.2, -0.15) is 0 Å². The van der Waals surface area contributed by atoms with E-state index < -0.39 is 8.32 Å². The van der Waals surface area contributed by atoms with Gasteiger partial charge in [-0.1, -0.05) is 65.3 Å². The largest absolute Gasteiger partial charge is 0.497 e. The first-order chi connectivity index (χ1) is 15.7. The molecule has 0 aliphatic heterocycles. The van der Waals surface area contributed by atoms with Crippen LogP contribution in [0.1, 0.15) is 60.5 Å². The number of esters is 1. The number of methoxy groups -OCH3 is 2. The molecule has 0 amide bonds. The SMILES string of the molecule is COC(=O)C(C)CC(C)=CC(C)C(O[Si](C)(C)C(C)(C)C)[C@@H](C)COCc1ccc(OC)cc1. The summed E-state index contributed by atoms with van der Waals surface area (Å²) in [6.07, 6.45) is 2.98. The zero-order chi connectivity index (χ0) is 26.1. The lowest BCUT2D eigenvalue weighted by molar-refractivity contribution is -0.144. The van der Waals surface area contributed by atoms with Gasteiger partial charge in [-0.3, -0.25) is 4.79 Å². The van der Waals surface area contributed by atoms with Crippen molar-refractivity contribution >= 4 is 14.3 Å². The maximum absolute atomic E-state index is 11.9. The highest BCUT2D eigenvalue weighted by Crippen LogP contribution is 2.39. The van der Waals surface area contributed by atoms with E-state index in [1.165, 1.54) is 12.7 Å². The van der Waals surface area contributed by atoms with Crippen molar-refractivity contribution in [3.63, 3.8) is 0 Å². The Morgan fingerprint density at radius 1 is 1.06 bits per heavy atom. The van der Waals surface area contributed by atoms with E-state index in [0.29, 0.717) is 19.6 Å². The van der Waals surface area contributed by atoms with E-state index >= 15 is 0 Å². The summed E-state index contributed by atoms with van der Waals surface area (Å²) >= 11 is 0. The molecule has 0 saturated carbocycles. The van der Waals surface area contributed by atoms with Crippen molar-refractivity contribution in [2.24, 2.45) is 17.8 Å². The van der Waals surface area contributed by atoms with Crippen LogP contribution < -0.4 is 4.74 Å². The molecule has 0 radical (unpaired) electrons. The maximum atomic E-state index is 11.9. The molecule has 0 heterocycles. The van der Waals surface area contributed by atoms with E-state index in [2.05, 4.69) is 60.7 Å². The average Bonchev–Trinajstić information content (AvgIpc) is 2.76. The molecule has 5 nitrogen and oxygen atoms in total. The molecule has 0 aromatic heterocycles. The van der Waals surface area contributed by atoms with Crippen LogP contribution in [0.4, 0.5) is 0 Å². The van der Waals surface area contributed by atoms with Crippen LogP contribution in [0.2, 0.25) is 18.1 Å². The highest BCUT2D eigenvalue weighted by molar-refractivity contribution is 6.74. The first-order valence-corrected chi connectivity index (χ1v) is 15.3. The fourth-order valence-electron chi connectivity index (χ4n) is 3.82. The molecule has 34 heavy (non-hydrogen) atoms. The molecule has 1 rings (SSSR count). The zero-order valence-corrected chi connectivity index (χ0v) is 24.4. The number of ether oxygens (including phenoxy) is 3. The maximum Gasteiger partial charge on any atom is 0.308 e. The van der Waals surface area contributed by atoms with Crippen LogP contribution in [-0.2, 0) is 25.3 Å². The molecule has 0 fully saturated rings. The molecule has 0 N–H and O–H groups in total. The Balaban J connectivity index is 2.94. The Morgan fingerprint density at radius 3 is 2.15 bits per heavy atom. The lowest BCUT2D eigenvalue weighted by atomic mass is 9.90. The number of carbonyl (C=O) groups excluding carboxylic acids is 1. The summed E-state index contributed by atoms with van der Waals surface area (Å²) in [4.78, 5) is 11.9. The summed E-state index contributed by atoms with van der Waals surface area (Å²) in [6, 6.07) is 7.97. The first kappa shape index (κ1) is 30.4. The average molecular weight is 493 g/mol. The lowest BCUT2D eigenvalue weighted by Gasteiger charge is -2.42. The fourth-order valence-corrected chi connectivity index (χ4v) is 5.30. The molecule has 4 atom stereocenters. The van der Waals surface area contributed by atoms with Crippen LogP contribution >= 0.6 is 0 Å². The van der Waals surface area contributed by atoms with Gasteiger partial charge in [0.2, 0.25) is 0 Å². The highest BCUT2D eigenvalue weighted by atomic mass is 28.4. The van der Waals surface area contributed by atoms with Crippen LogP contribution in [0, 0.1) is 17.8 Å². The predicted molar refractivity (Wildman–Crippen MR) is 143 cm³/mol. The molecule has 6 heteroatoms.